The molecule has 1 aromatic carbocycles. The van der Waals surface area contributed by atoms with Gasteiger partial charge in [-0.1, -0.05) is 18.5 Å². The van der Waals surface area contributed by atoms with Gasteiger partial charge in [0.1, 0.15) is 16.5 Å². The summed E-state index contributed by atoms with van der Waals surface area (Å²) >= 11 is 6.42. The molecule has 2 saturated carbocycles. The van der Waals surface area contributed by atoms with Crippen LogP contribution in [0.1, 0.15) is 37.8 Å². The quantitative estimate of drug-likeness (QED) is 0.860. The summed E-state index contributed by atoms with van der Waals surface area (Å²) < 4.78 is 10.9. The van der Waals surface area contributed by atoms with E-state index in [9.17, 15) is 0 Å². The topological polar surface area (TPSA) is 30.5 Å². The number of fused-ring (bicyclic) bond motifs is 1. The van der Waals surface area contributed by atoms with Gasteiger partial charge in [-0.15, -0.1) is 0 Å². The first-order chi connectivity index (χ1) is 10.2. The van der Waals surface area contributed by atoms with Crippen LogP contribution < -0.4 is 14.8 Å². The summed E-state index contributed by atoms with van der Waals surface area (Å²) in [5, 5.41) is 4.21. The molecule has 0 amide bonds. The van der Waals surface area contributed by atoms with Gasteiger partial charge in [-0.05, 0) is 55.7 Å². The van der Waals surface area contributed by atoms with Crippen molar-refractivity contribution in [3.63, 3.8) is 0 Å². The molecule has 21 heavy (non-hydrogen) atoms. The van der Waals surface area contributed by atoms with Crippen molar-refractivity contribution in [2.24, 2.45) is 17.8 Å². The molecule has 2 aliphatic carbocycles. The van der Waals surface area contributed by atoms with Gasteiger partial charge in [-0.2, -0.15) is 0 Å². The zero-order valence-electron chi connectivity index (χ0n) is 13.0. The van der Waals surface area contributed by atoms with Crippen LogP contribution in [0.2, 0.25) is 5.02 Å². The summed E-state index contributed by atoms with van der Waals surface area (Å²) in [5.41, 5.74) is 1.16. The fourth-order valence-electron chi connectivity index (χ4n) is 3.95. The van der Waals surface area contributed by atoms with E-state index in [1.807, 2.05) is 6.07 Å². The van der Waals surface area contributed by atoms with Crippen LogP contribution in [-0.4, -0.2) is 20.8 Å². The van der Waals surface area contributed by atoms with Crippen LogP contribution in [0.5, 0.6) is 11.5 Å². The third-order valence-electron chi connectivity index (χ3n) is 5.03. The zero-order chi connectivity index (χ0) is 15.0. The summed E-state index contributed by atoms with van der Waals surface area (Å²) in [5.74, 6) is 4.04. The molecule has 116 valence electrons. The van der Waals surface area contributed by atoms with E-state index in [1.54, 1.807) is 14.2 Å². The Balaban J connectivity index is 1.92. The van der Waals surface area contributed by atoms with Crippen molar-refractivity contribution in [1.82, 2.24) is 5.32 Å². The third-order valence-corrected chi connectivity index (χ3v) is 5.38. The average molecular weight is 310 g/mol. The van der Waals surface area contributed by atoms with E-state index < -0.39 is 0 Å². The van der Waals surface area contributed by atoms with Crippen molar-refractivity contribution in [1.29, 1.82) is 0 Å². The molecule has 2 fully saturated rings. The minimum Gasteiger partial charge on any atom is -0.495 e. The molecule has 3 atom stereocenters. The Morgan fingerprint density at radius 2 is 1.90 bits per heavy atom. The van der Waals surface area contributed by atoms with E-state index in [4.69, 9.17) is 21.1 Å². The molecule has 0 aromatic heterocycles. The molecule has 4 heteroatoms. The molecule has 0 spiro atoms. The minimum absolute atomic E-state index is 0.321. The molecule has 3 rings (SSSR count). The van der Waals surface area contributed by atoms with Gasteiger partial charge in [0.15, 0.2) is 0 Å². The Bertz CT molecular complexity index is 510. The number of hydrogen-bond donors (Lipinski definition) is 1. The maximum Gasteiger partial charge on any atom is 0.146 e. The van der Waals surface area contributed by atoms with Gasteiger partial charge in [-0.25, -0.2) is 0 Å². The third kappa shape index (κ3) is 2.74. The predicted molar refractivity (Wildman–Crippen MR) is 85.3 cm³/mol. The highest BCUT2D eigenvalue weighted by Crippen LogP contribution is 2.58. The number of methoxy groups -OCH3 is 2. The number of nitrogens with one attached hydrogen (secondary N) is 1. The van der Waals surface area contributed by atoms with Crippen LogP contribution in [0.4, 0.5) is 0 Å². The smallest absolute Gasteiger partial charge is 0.146 e. The van der Waals surface area contributed by atoms with Crippen molar-refractivity contribution < 1.29 is 9.47 Å². The molecular weight excluding hydrogens is 286 g/mol. The molecule has 0 saturated heterocycles. The highest BCUT2D eigenvalue weighted by molar-refractivity contribution is 6.33. The lowest BCUT2D eigenvalue weighted by atomic mass is 9.88. The molecule has 1 N–H and O–H groups in total. The first-order valence-corrected chi connectivity index (χ1v) is 8.21. The molecule has 2 aliphatic rings. The predicted octanol–water partition coefficient (Wildman–Crippen LogP) is 4.05. The first-order valence-electron chi connectivity index (χ1n) is 7.83. The Morgan fingerprint density at radius 3 is 2.48 bits per heavy atom. The Hall–Kier alpha value is -0.930. The highest BCUT2D eigenvalue weighted by Gasteiger charge is 2.48. The zero-order valence-corrected chi connectivity index (χ0v) is 13.7. The highest BCUT2D eigenvalue weighted by atomic mass is 35.5. The SMILES string of the molecule is CCNC(c1ccc(OC)c(Cl)c1OC)C1CC2CC2C1. The largest absolute Gasteiger partial charge is 0.495 e. The summed E-state index contributed by atoms with van der Waals surface area (Å²) in [7, 11) is 3.31. The van der Waals surface area contributed by atoms with Gasteiger partial charge in [-0.3, -0.25) is 0 Å². The van der Waals surface area contributed by atoms with Crippen molar-refractivity contribution in [2.45, 2.75) is 32.2 Å². The second kappa shape index (κ2) is 6.05. The number of benzene rings is 1. The Morgan fingerprint density at radius 1 is 1.19 bits per heavy atom. The summed E-state index contributed by atoms with van der Waals surface area (Å²) in [6.07, 6.45) is 4.10. The van der Waals surface area contributed by atoms with Crippen LogP contribution in [0, 0.1) is 17.8 Å². The maximum absolute atomic E-state index is 6.42. The molecular formula is C17H24ClNO2. The number of ether oxygens (including phenoxy) is 2. The van der Waals surface area contributed by atoms with Gasteiger partial charge in [0.25, 0.3) is 0 Å². The van der Waals surface area contributed by atoms with Gasteiger partial charge >= 0.3 is 0 Å². The summed E-state index contributed by atoms with van der Waals surface area (Å²) in [6.45, 7) is 3.10. The molecule has 0 radical (unpaired) electrons. The molecule has 1 aromatic rings. The lowest BCUT2D eigenvalue weighted by molar-refractivity contribution is 0.328. The van der Waals surface area contributed by atoms with Crippen molar-refractivity contribution >= 4 is 11.6 Å². The molecule has 0 aliphatic heterocycles. The van der Waals surface area contributed by atoms with Gasteiger partial charge < -0.3 is 14.8 Å². The maximum atomic E-state index is 6.42. The Labute approximate surface area is 132 Å². The normalized spacial score (nSPS) is 28.1. The van der Waals surface area contributed by atoms with Crippen LogP contribution in [0.25, 0.3) is 0 Å². The van der Waals surface area contributed by atoms with Gasteiger partial charge in [0.05, 0.1) is 14.2 Å². The molecule has 3 unspecified atom stereocenters. The molecule has 0 heterocycles. The average Bonchev–Trinajstić information content (AvgIpc) is 3.11. The van der Waals surface area contributed by atoms with E-state index in [1.165, 1.54) is 19.3 Å². The van der Waals surface area contributed by atoms with Crippen LogP contribution in [0.15, 0.2) is 12.1 Å². The van der Waals surface area contributed by atoms with Crippen LogP contribution >= 0.6 is 11.6 Å². The Kier molecular flexibility index (Phi) is 4.32. The van der Waals surface area contributed by atoms with Gasteiger partial charge in [0.2, 0.25) is 0 Å². The first kappa shape index (κ1) is 15.0. The van der Waals surface area contributed by atoms with Crippen LogP contribution in [0.3, 0.4) is 0 Å². The monoisotopic (exact) mass is 309 g/mol. The summed E-state index contributed by atoms with van der Waals surface area (Å²) in [4.78, 5) is 0. The minimum atomic E-state index is 0.321. The van der Waals surface area contributed by atoms with Gasteiger partial charge in [0, 0.05) is 11.6 Å². The van der Waals surface area contributed by atoms with Crippen LogP contribution in [-0.2, 0) is 0 Å². The summed E-state index contributed by atoms with van der Waals surface area (Å²) in [6, 6.07) is 4.36. The second-order valence-corrected chi connectivity index (χ2v) is 6.60. The van der Waals surface area contributed by atoms with E-state index in [2.05, 4.69) is 18.3 Å². The van der Waals surface area contributed by atoms with E-state index >= 15 is 0 Å². The fourth-order valence-corrected chi connectivity index (χ4v) is 4.27. The second-order valence-electron chi connectivity index (χ2n) is 6.23. The van der Waals surface area contributed by atoms with Crippen molar-refractivity contribution in [3.05, 3.63) is 22.7 Å². The van der Waals surface area contributed by atoms with E-state index in [0.29, 0.717) is 22.7 Å². The number of rotatable bonds is 6. The number of hydrogen-bond acceptors (Lipinski definition) is 3. The number of halogens is 1. The fraction of sp³-hybridized carbons (Fsp3) is 0.647. The lowest BCUT2D eigenvalue weighted by Gasteiger charge is -2.28. The standard InChI is InChI=1S/C17H24ClNO2/c1-4-19-16(12-8-10-7-11(10)9-12)13-5-6-14(20-2)15(18)17(13)21-3/h5-6,10-12,16,19H,4,7-9H2,1-3H3. The molecule has 3 nitrogen and oxygen atoms in total. The van der Waals surface area contributed by atoms with E-state index in [-0.39, 0.29) is 0 Å². The van der Waals surface area contributed by atoms with Crippen molar-refractivity contribution in [3.8, 4) is 11.5 Å². The lowest BCUT2D eigenvalue weighted by Crippen LogP contribution is -2.28. The van der Waals surface area contributed by atoms with E-state index in [0.717, 1.165) is 29.7 Å². The van der Waals surface area contributed by atoms with Crippen molar-refractivity contribution in [2.75, 3.05) is 20.8 Å². The molecule has 0 bridgehead atoms.